The third-order valence-electron chi connectivity index (χ3n) is 2.36. The standard InChI is InChI=1S/C13H14O2/c1-3-11(12(4-2)13(14)15)10-8-6-5-7-9-10/h3-9,11-12H,1-2H2,(H,14,15). The zero-order chi connectivity index (χ0) is 11.3. The molecule has 78 valence electrons. The lowest BCUT2D eigenvalue weighted by Crippen LogP contribution is -2.18. The predicted octanol–water partition coefficient (Wildman–Crippen LogP) is 2.84. The van der Waals surface area contributed by atoms with Gasteiger partial charge in [-0.3, -0.25) is 4.79 Å². The van der Waals surface area contributed by atoms with Gasteiger partial charge in [0.15, 0.2) is 0 Å². The quantitative estimate of drug-likeness (QED) is 0.745. The second-order valence-corrected chi connectivity index (χ2v) is 3.27. The minimum atomic E-state index is -0.876. The van der Waals surface area contributed by atoms with Gasteiger partial charge < -0.3 is 5.11 Å². The number of carboxylic acids is 1. The lowest BCUT2D eigenvalue weighted by molar-refractivity contribution is -0.140. The largest absolute Gasteiger partial charge is 0.481 e. The van der Waals surface area contributed by atoms with Crippen LogP contribution in [0.15, 0.2) is 55.6 Å². The van der Waals surface area contributed by atoms with Crippen molar-refractivity contribution in [2.24, 2.45) is 5.92 Å². The Bertz CT molecular complexity index is 354. The molecular formula is C13H14O2. The molecule has 2 heteroatoms. The van der Waals surface area contributed by atoms with Gasteiger partial charge in [0.25, 0.3) is 0 Å². The molecule has 0 heterocycles. The van der Waals surface area contributed by atoms with Gasteiger partial charge in [-0.05, 0) is 5.56 Å². The van der Waals surface area contributed by atoms with Crippen molar-refractivity contribution >= 4 is 5.97 Å². The molecule has 15 heavy (non-hydrogen) atoms. The summed E-state index contributed by atoms with van der Waals surface area (Å²) in [6.45, 7) is 7.23. The zero-order valence-electron chi connectivity index (χ0n) is 8.47. The summed E-state index contributed by atoms with van der Waals surface area (Å²) in [5, 5.41) is 9.02. The maximum Gasteiger partial charge on any atom is 0.311 e. The van der Waals surface area contributed by atoms with Crippen LogP contribution in [0, 0.1) is 5.92 Å². The summed E-state index contributed by atoms with van der Waals surface area (Å²) in [4.78, 5) is 11.0. The summed E-state index contributed by atoms with van der Waals surface area (Å²) in [6.07, 6.45) is 3.09. The van der Waals surface area contributed by atoms with E-state index < -0.39 is 11.9 Å². The van der Waals surface area contributed by atoms with E-state index in [0.29, 0.717) is 0 Å². The highest BCUT2D eigenvalue weighted by Gasteiger charge is 2.23. The minimum absolute atomic E-state index is 0.221. The van der Waals surface area contributed by atoms with Gasteiger partial charge in [0.1, 0.15) is 0 Å². The Morgan fingerprint density at radius 2 is 1.80 bits per heavy atom. The molecule has 1 N–H and O–H groups in total. The first-order valence-corrected chi connectivity index (χ1v) is 4.73. The first kappa shape index (κ1) is 11.2. The molecule has 1 aromatic rings. The number of carbonyl (C=O) groups is 1. The van der Waals surface area contributed by atoms with Crippen molar-refractivity contribution in [2.45, 2.75) is 5.92 Å². The van der Waals surface area contributed by atoms with Crippen LogP contribution < -0.4 is 0 Å². The van der Waals surface area contributed by atoms with E-state index in [0.717, 1.165) is 5.56 Å². The highest BCUT2D eigenvalue weighted by atomic mass is 16.4. The SMILES string of the molecule is C=CC(C(=O)O)C(C=C)c1ccccc1. The van der Waals surface area contributed by atoms with Crippen LogP contribution in [0.3, 0.4) is 0 Å². The van der Waals surface area contributed by atoms with Crippen LogP contribution in [-0.2, 0) is 4.79 Å². The van der Waals surface area contributed by atoms with Gasteiger partial charge in [0, 0.05) is 5.92 Å². The van der Waals surface area contributed by atoms with Crippen LogP contribution >= 0.6 is 0 Å². The lowest BCUT2D eigenvalue weighted by Gasteiger charge is -2.17. The van der Waals surface area contributed by atoms with E-state index in [1.54, 1.807) is 6.08 Å². The monoisotopic (exact) mass is 202 g/mol. The Kier molecular flexibility index (Phi) is 3.86. The summed E-state index contributed by atoms with van der Waals surface area (Å²) in [5.74, 6) is -1.72. The van der Waals surface area contributed by atoms with Crippen LogP contribution in [0.4, 0.5) is 0 Å². The van der Waals surface area contributed by atoms with Crippen molar-refractivity contribution in [3.63, 3.8) is 0 Å². The van der Waals surface area contributed by atoms with E-state index in [1.807, 2.05) is 30.3 Å². The Morgan fingerprint density at radius 3 is 2.20 bits per heavy atom. The first-order valence-electron chi connectivity index (χ1n) is 4.73. The molecule has 1 rings (SSSR count). The fourth-order valence-electron chi connectivity index (χ4n) is 1.57. The second-order valence-electron chi connectivity index (χ2n) is 3.27. The third-order valence-corrected chi connectivity index (χ3v) is 2.36. The normalized spacial score (nSPS) is 13.9. The molecule has 0 radical (unpaired) electrons. The Morgan fingerprint density at radius 1 is 1.20 bits per heavy atom. The van der Waals surface area contributed by atoms with E-state index in [1.165, 1.54) is 6.08 Å². The first-order chi connectivity index (χ1) is 7.20. The number of hydrogen-bond donors (Lipinski definition) is 1. The van der Waals surface area contributed by atoms with Gasteiger partial charge in [-0.2, -0.15) is 0 Å². The number of hydrogen-bond acceptors (Lipinski definition) is 1. The zero-order valence-corrected chi connectivity index (χ0v) is 8.47. The molecule has 0 fully saturated rings. The van der Waals surface area contributed by atoms with Crippen molar-refractivity contribution in [3.05, 3.63) is 61.2 Å². The minimum Gasteiger partial charge on any atom is -0.481 e. The number of rotatable bonds is 5. The van der Waals surface area contributed by atoms with Crippen LogP contribution in [0.25, 0.3) is 0 Å². The fourth-order valence-corrected chi connectivity index (χ4v) is 1.57. The Labute approximate surface area is 89.6 Å². The molecule has 0 spiro atoms. The molecule has 0 aromatic heterocycles. The molecule has 2 unspecified atom stereocenters. The van der Waals surface area contributed by atoms with Crippen molar-refractivity contribution in [1.29, 1.82) is 0 Å². The van der Waals surface area contributed by atoms with Crippen molar-refractivity contribution in [2.75, 3.05) is 0 Å². The molecule has 0 bridgehead atoms. The smallest absolute Gasteiger partial charge is 0.311 e. The number of benzene rings is 1. The number of allylic oxidation sites excluding steroid dienone is 1. The summed E-state index contributed by atoms with van der Waals surface area (Å²) < 4.78 is 0. The molecule has 0 saturated carbocycles. The van der Waals surface area contributed by atoms with Gasteiger partial charge >= 0.3 is 5.97 Å². The second kappa shape index (κ2) is 5.15. The average molecular weight is 202 g/mol. The molecule has 0 aliphatic rings. The Balaban J connectivity index is 3.02. The Hall–Kier alpha value is -1.83. The average Bonchev–Trinajstić information content (AvgIpc) is 2.26. The molecule has 2 nitrogen and oxygen atoms in total. The molecule has 0 saturated heterocycles. The van der Waals surface area contributed by atoms with Crippen LogP contribution in [0.1, 0.15) is 11.5 Å². The van der Waals surface area contributed by atoms with Crippen molar-refractivity contribution < 1.29 is 9.90 Å². The molecule has 0 aliphatic heterocycles. The summed E-state index contributed by atoms with van der Waals surface area (Å²) in [6, 6.07) is 9.45. The van der Waals surface area contributed by atoms with Gasteiger partial charge in [-0.15, -0.1) is 13.2 Å². The van der Waals surface area contributed by atoms with Crippen LogP contribution in [-0.4, -0.2) is 11.1 Å². The predicted molar refractivity (Wildman–Crippen MR) is 60.7 cm³/mol. The van der Waals surface area contributed by atoms with Gasteiger partial charge in [-0.25, -0.2) is 0 Å². The summed E-state index contributed by atoms with van der Waals surface area (Å²) in [7, 11) is 0. The maximum atomic E-state index is 11.0. The van der Waals surface area contributed by atoms with Gasteiger partial charge in [0.05, 0.1) is 5.92 Å². The topological polar surface area (TPSA) is 37.3 Å². The van der Waals surface area contributed by atoms with Gasteiger partial charge in [-0.1, -0.05) is 42.5 Å². The van der Waals surface area contributed by atoms with E-state index >= 15 is 0 Å². The fraction of sp³-hybridized carbons (Fsp3) is 0.154. The van der Waals surface area contributed by atoms with Gasteiger partial charge in [0.2, 0.25) is 0 Å². The van der Waals surface area contributed by atoms with Crippen LogP contribution in [0.2, 0.25) is 0 Å². The highest BCUT2D eigenvalue weighted by Crippen LogP contribution is 2.26. The summed E-state index contributed by atoms with van der Waals surface area (Å²) in [5.41, 5.74) is 0.944. The molecule has 0 amide bonds. The molecule has 0 aliphatic carbocycles. The van der Waals surface area contributed by atoms with Crippen LogP contribution in [0.5, 0.6) is 0 Å². The maximum absolute atomic E-state index is 11.0. The van der Waals surface area contributed by atoms with Crippen molar-refractivity contribution in [1.82, 2.24) is 0 Å². The molecular weight excluding hydrogens is 188 g/mol. The third kappa shape index (κ3) is 2.56. The molecule has 1 aromatic carbocycles. The summed E-state index contributed by atoms with van der Waals surface area (Å²) >= 11 is 0. The van der Waals surface area contributed by atoms with E-state index in [9.17, 15) is 4.79 Å². The lowest BCUT2D eigenvalue weighted by atomic mass is 9.86. The number of aliphatic carboxylic acids is 1. The highest BCUT2D eigenvalue weighted by molar-refractivity contribution is 5.74. The van der Waals surface area contributed by atoms with E-state index in [4.69, 9.17) is 5.11 Å². The van der Waals surface area contributed by atoms with Crippen molar-refractivity contribution in [3.8, 4) is 0 Å². The van der Waals surface area contributed by atoms with E-state index in [2.05, 4.69) is 13.2 Å². The number of carboxylic acid groups (broad SMARTS) is 1. The van der Waals surface area contributed by atoms with E-state index in [-0.39, 0.29) is 5.92 Å². The molecule has 2 atom stereocenters.